The predicted octanol–water partition coefficient (Wildman–Crippen LogP) is 7.32. The number of hydrogen-bond donors (Lipinski definition) is 0. The van der Waals surface area contributed by atoms with Crippen LogP contribution in [0, 0.1) is 35.5 Å². The Kier molecular flexibility index (Phi) is 12.7. The van der Waals surface area contributed by atoms with E-state index in [0.717, 1.165) is 38.8 Å². The maximum atomic E-state index is 13.1. The average molecular weight is 595 g/mol. The van der Waals surface area contributed by atoms with Gasteiger partial charge >= 0.3 is 0 Å². The van der Waals surface area contributed by atoms with Crippen LogP contribution in [-0.4, -0.2) is 59.4 Å². The molecule has 0 spiro atoms. The van der Waals surface area contributed by atoms with Crippen molar-refractivity contribution in [3.8, 4) is 0 Å². The van der Waals surface area contributed by atoms with Gasteiger partial charge in [-0.2, -0.15) is 0 Å². The van der Waals surface area contributed by atoms with Crippen LogP contribution in [0.2, 0.25) is 0 Å². The molecule has 2 saturated heterocycles. The van der Waals surface area contributed by atoms with Crippen molar-refractivity contribution in [2.75, 3.05) is 26.2 Å². The lowest BCUT2D eigenvalue weighted by Gasteiger charge is -2.36. The molecule has 0 N–H and O–H groups in total. The van der Waals surface area contributed by atoms with Crippen molar-refractivity contribution in [3.05, 3.63) is 24.3 Å². The first-order valence-corrected chi connectivity index (χ1v) is 17.5. The molecule has 43 heavy (non-hydrogen) atoms. The Morgan fingerprint density at radius 3 is 1.28 bits per heavy atom. The van der Waals surface area contributed by atoms with Crippen LogP contribution in [0.15, 0.2) is 24.3 Å². The van der Waals surface area contributed by atoms with Crippen LogP contribution in [0.25, 0.3) is 0 Å². The zero-order chi connectivity index (χ0) is 30.9. The van der Waals surface area contributed by atoms with Gasteiger partial charge in [-0.3, -0.25) is 19.2 Å². The smallest absolute Gasteiger partial charge is 0.248 e. The summed E-state index contributed by atoms with van der Waals surface area (Å²) in [4.78, 5) is 54.7. The van der Waals surface area contributed by atoms with Crippen molar-refractivity contribution in [1.82, 2.24) is 9.80 Å². The van der Waals surface area contributed by atoms with Gasteiger partial charge in [-0.1, -0.05) is 51.7 Å². The molecule has 4 fully saturated rings. The maximum absolute atomic E-state index is 13.1. The summed E-state index contributed by atoms with van der Waals surface area (Å²) in [6.07, 6.45) is 17.7. The highest BCUT2D eigenvalue weighted by Gasteiger charge is 2.32. The van der Waals surface area contributed by atoms with Crippen molar-refractivity contribution >= 4 is 23.4 Å². The number of amides is 2. The van der Waals surface area contributed by atoms with Crippen LogP contribution in [-0.2, 0) is 19.2 Å². The van der Waals surface area contributed by atoms with E-state index >= 15 is 0 Å². The van der Waals surface area contributed by atoms with Gasteiger partial charge in [0.2, 0.25) is 11.8 Å². The van der Waals surface area contributed by atoms with Gasteiger partial charge in [0, 0.05) is 63.0 Å². The zero-order valence-corrected chi connectivity index (χ0v) is 27.3. The molecule has 2 amide bonds. The summed E-state index contributed by atoms with van der Waals surface area (Å²) in [6.45, 7) is 14.1. The molecule has 0 aromatic carbocycles. The Morgan fingerprint density at radius 1 is 0.535 bits per heavy atom. The van der Waals surface area contributed by atoms with E-state index < -0.39 is 0 Å². The van der Waals surface area contributed by atoms with Crippen LogP contribution in [0.5, 0.6) is 0 Å². The number of ketones is 2. The third-order valence-electron chi connectivity index (χ3n) is 10.9. The minimum atomic E-state index is 0.0363. The lowest BCUT2D eigenvalue weighted by molar-refractivity contribution is -0.130. The number of likely N-dealkylation sites (tertiary alicyclic amines) is 2. The molecule has 6 atom stereocenters. The van der Waals surface area contributed by atoms with E-state index in [0.29, 0.717) is 97.0 Å². The van der Waals surface area contributed by atoms with Crippen molar-refractivity contribution in [2.24, 2.45) is 35.5 Å². The van der Waals surface area contributed by atoms with Crippen molar-refractivity contribution < 1.29 is 19.2 Å². The van der Waals surface area contributed by atoms with Crippen molar-refractivity contribution in [3.63, 3.8) is 0 Å². The van der Waals surface area contributed by atoms with E-state index in [9.17, 15) is 19.2 Å². The Bertz CT molecular complexity index is 954. The fourth-order valence-electron chi connectivity index (χ4n) is 8.90. The second-order valence-corrected chi connectivity index (χ2v) is 15.0. The molecule has 0 aromatic rings. The molecule has 4 aliphatic rings. The van der Waals surface area contributed by atoms with Crippen molar-refractivity contribution in [2.45, 2.75) is 123 Å². The van der Waals surface area contributed by atoms with E-state index in [-0.39, 0.29) is 11.8 Å². The summed E-state index contributed by atoms with van der Waals surface area (Å²) in [5.41, 5.74) is 1.17. The SMILES string of the molecule is C=C(C)C(=O)N1CCCC(CC(=O)CC2CCCC(CC3CCCC(CC(=O)CC4CCCN(C(=O)C(=C)C)C4)C3)C2)C1. The number of carbonyl (C=O) groups is 4. The molecule has 6 unspecified atom stereocenters. The fraction of sp³-hybridized carbons (Fsp3) is 0.784. The van der Waals surface area contributed by atoms with Gasteiger partial charge in [0.15, 0.2) is 0 Å². The van der Waals surface area contributed by atoms with E-state index in [1.165, 1.54) is 57.8 Å². The number of nitrogens with zero attached hydrogens (tertiary/aromatic N) is 2. The van der Waals surface area contributed by atoms with E-state index in [1.54, 1.807) is 13.8 Å². The third kappa shape index (κ3) is 10.4. The fourth-order valence-corrected chi connectivity index (χ4v) is 8.90. The molecular weight excluding hydrogens is 536 g/mol. The number of piperidine rings is 2. The average Bonchev–Trinajstić information content (AvgIpc) is 2.96. The van der Waals surface area contributed by atoms with Crippen LogP contribution in [0.1, 0.15) is 123 Å². The highest BCUT2D eigenvalue weighted by atomic mass is 16.2. The Morgan fingerprint density at radius 2 is 0.884 bits per heavy atom. The maximum Gasteiger partial charge on any atom is 0.248 e. The monoisotopic (exact) mass is 594 g/mol. The second kappa shape index (κ2) is 16.2. The molecule has 2 saturated carbocycles. The predicted molar refractivity (Wildman–Crippen MR) is 172 cm³/mol. The number of rotatable bonds is 12. The van der Waals surface area contributed by atoms with Crippen molar-refractivity contribution in [1.29, 1.82) is 0 Å². The molecule has 240 valence electrons. The van der Waals surface area contributed by atoms with Crippen LogP contribution in [0.4, 0.5) is 0 Å². The van der Waals surface area contributed by atoms with Crippen LogP contribution < -0.4 is 0 Å². The topological polar surface area (TPSA) is 74.8 Å². The summed E-state index contributed by atoms with van der Waals surface area (Å²) in [7, 11) is 0. The molecule has 4 rings (SSSR count). The largest absolute Gasteiger partial charge is 0.339 e. The van der Waals surface area contributed by atoms with Gasteiger partial charge in [0.25, 0.3) is 0 Å². The summed E-state index contributed by atoms with van der Waals surface area (Å²) in [5, 5.41) is 0. The standard InChI is InChI=1S/C37H58N2O4/c1-26(2)36(42)38-15-7-13-32(24-38)22-34(40)20-30-11-5-9-28(18-30)17-29-10-6-12-31(19-29)21-35(41)23-33-14-8-16-39(25-33)37(43)27(3)4/h28-33H,1,3,5-25H2,2,4H3. The molecule has 6 nitrogen and oxygen atoms in total. The first-order chi connectivity index (χ1) is 20.6. The van der Waals surface area contributed by atoms with E-state index in [2.05, 4.69) is 13.2 Å². The summed E-state index contributed by atoms with van der Waals surface area (Å²) < 4.78 is 0. The van der Waals surface area contributed by atoms with Gasteiger partial charge in [0.05, 0.1) is 0 Å². The normalized spacial score (nSPS) is 30.0. The number of carbonyl (C=O) groups excluding carboxylic acids is 4. The first kappa shape index (κ1) is 33.6. The zero-order valence-electron chi connectivity index (χ0n) is 27.3. The molecule has 2 aliphatic heterocycles. The number of hydrogen-bond acceptors (Lipinski definition) is 4. The molecule has 2 heterocycles. The van der Waals surface area contributed by atoms with Crippen LogP contribution >= 0.6 is 0 Å². The van der Waals surface area contributed by atoms with Gasteiger partial charge in [-0.25, -0.2) is 0 Å². The van der Waals surface area contributed by atoms with Gasteiger partial charge in [-0.05, 0) is 94.3 Å². The van der Waals surface area contributed by atoms with Crippen LogP contribution in [0.3, 0.4) is 0 Å². The quantitative estimate of drug-likeness (QED) is 0.222. The lowest BCUT2D eigenvalue weighted by atomic mass is 9.70. The van der Waals surface area contributed by atoms with Gasteiger partial charge in [0.1, 0.15) is 11.6 Å². The summed E-state index contributed by atoms with van der Waals surface area (Å²) >= 11 is 0. The van der Waals surface area contributed by atoms with Gasteiger partial charge in [-0.15, -0.1) is 0 Å². The number of Topliss-reactive ketones (excluding diaryl/α,β-unsaturated/α-hetero) is 2. The van der Waals surface area contributed by atoms with E-state index in [4.69, 9.17) is 0 Å². The highest BCUT2D eigenvalue weighted by Crippen LogP contribution is 2.41. The first-order valence-electron chi connectivity index (χ1n) is 17.5. The Balaban J connectivity index is 1.17. The highest BCUT2D eigenvalue weighted by molar-refractivity contribution is 5.92. The minimum absolute atomic E-state index is 0.0363. The molecule has 0 radical (unpaired) electrons. The Hall–Kier alpha value is -2.24. The molecule has 0 aromatic heterocycles. The summed E-state index contributed by atoms with van der Waals surface area (Å²) in [6, 6.07) is 0. The third-order valence-corrected chi connectivity index (χ3v) is 10.9. The van der Waals surface area contributed by atoms with E-state index in [1.807, 2.05) is 9.80 Å². The minimum Gasteiger partial charge on any atom is -0.339 e. The van der Waals surface area contributed by atoms with Gasteiger partial charge < -0.3 is 9.80 Å². The second-order valence-electron chi connectivity index (χ2n) is 15.0. The molecular formula is C37H58N2O4. The molecule has 6 heteroatoms. The lowest BCUT2D eigenvalue weighted by Crippen LogP contribution is -2.40. The molecule has 2 aliphatic carbocycles. The molecule has 0 bridgehead atoms. The summed E-state index contributed by atoms with van der Waals surface area (Å²) in [5.74, 6) is 3.88. The Labute approximate surface area is 261 Å².